The molecule has 0 saturated carbocycles. The molecule has 4 nitrogen and oxygen atoms in total. The molecule has 1 fully saturated rings. The van der Waals surface area contributed by atoms with Crippen LogP contribution >= 0.6 is 27.5 Å². The number of nitrogens with zero attached hydrogens (tertiary/aromatic N) is 3. The van der Waals surface area contributed by atoms with Crippen molar-refractivity contribution in [2.75, 3.05) is 11.4 Å². The van der Waals surface area contributed by atoms with Gasteiger partial charge in [-0.2, -0.15) is 0 Å². The van der Waals surface area contributed by atoms with Crippen molar-refractivity contribution in [2.24, 2.45) is 0 Å². The maximum Gasteiger partial charge on any atom is 0.229 e. The Morgan fingerprint density at radius 1 is 1.57 bits per heavy atom. The van der Waals surface area contributed by atoms with Crippen LogP contribution in [-0.4, -0.2) is 27.2 Å². The van der Waals surface area contributed by atoms with E-state index in [1.54, 1.807) is 4.90 Å². The molecule has 2 heterocycles. The second-order valence-electron chi connectivity index (χ2n) is 3.01. The van der Waals surface area contributed by atoms with Crippen LogP contribution in [0.2, 0.25) is 5.15 Å². The van der Waals surface area contributed by atoms with Crippen LogP contribution < -0.4 is 4.90 Å². The topological polar surface area (TPSA) is 46.1 Å². The molecule has 6 heteroatoms. The lowest BCUT2D eigenvalue weighted by Gasteiger charge is -2.13. The van der Waals surface area contributed by atoms with Crippen LogP contribution in [0.3, 0.4) is 0 Å². The van der Waals surface area contributed by atoms with Crippen molar-refractivity contribution in [3.63, 3.8) is 0 Å². The number of aromatic nitrogens is 2. The third-order valence-electron chi connectivity index (χ3n) is 1.95. The van der Waals surface area contributed by atoms with E-state index in [1.165, 1.54) is 12.4 Å². The van der Waals surface area contributed by atoms with Gasteiger partial charge in [-0.1, -0.05) is 27.5 Å². The number of rotatable bonds is 1. The summed E-state index contributed by atoms with van der Waals surface area (Å²) in [5.41, 5.74) is 0. The molecule has 1 aromatic rings. The van der Waals surface area contributed by atoms with Gasteiger partial charge in [0.1, 0.15) is 5.15 Å². The Morgan fingerprint density at radius 3 is 2.93 bits per heavy atom. The Balaban J connectivity index is 2.27. The summed E-state index contributed by atoms with van der Waals surface area (Å²) in [5, 5.41) is 0.299. The van der Waals surface area contributed by atoms with Crippen LogP contribution in [0.25, 0.3) is 0 Å². The van der Waals surface area contributed by atoms with E-state index in [4.69, 9.17) is 11.6 Å². The van der Waals surface area contributed by atoms with E-state index in [2.05, 4.69) is 25.9 Å². The summed E-state index contributed by atoms with van der Waals surface area (Å²) in [6.45, 7) is 0.619. The van der Waals surface area contributed by atoms with E-state index in [1.807, 2.05) is 0 Å². The molecule has 1 saturated heterocycles. The number of hydrogen-bond donors (Lipinski definition) is 0. The van der Waals surface area contributed by atoms with E-state index in [9.17, 15) is 4.79 Å². The summed E-state index contributed by atoms with van der Waals surface area (Å²) in [7, 11) is 0. The van der Waals surface area contributed by atoms with Gasteiger partial charge in [0.25, 0.3) is 0 Å². The number of hydrogen-bond acceptors (Lipinski definition) is 3. The molecule has 0 aliphatic carbocycles. The number of carbonyl (C=O) groups is 1. The Bertz CT molecular complexity index is 373. The fraction of sp³-hybridized carbons (Fsp3) is 0.375. The van der Waals surface area contributed by atoms with Crippen molar-refractivity contribution in [1.29, 1.82) is 0 Å². The molecule has 1 atom stereocenters. The Kier molecular flexibility index (Phi) is 2.69. The standard InChI is InChI=1S/C8H7BrClN3O/c9-5-1-8(14)13(4-5)7-3-11-2-6(10)12-7/h2-3,5H,1,4H2. The van der Waals surface area contributed by atoms with Gasteiger partial charge in [0.15, 0.2) is 5.82 Å². The molecular weight excluding hydrogens is 269 g/mol. The molecule has 0 bridgehead atoms. The Morgan fingerprint density at radius 2 is 2.36 bits per heavy atom. The minimum Gasteiger partial charge on any atom is -0.294 e. The van der Waals surface area contributed by atoms with Gasteiger partial charge < -0.3 is 0 Å². The molecule has 74 valence electrons. The number of amides is 1. The first-order chi connectivity index (χ1) is 6.66. The zero-order chi connectivity index (χ0) is 10.1. The predicted octanol–water partition coefficient (Wildman–Crippen LogP) is 1.63. The minimum atomic E-state index is 0.0449. The van der Waals surface area contributed by atoms with Crippen molar-refractivity contribution in [3.8, 4) is 0 Å². The average Bonchev–Trinajstić information content (AvgIpc) is 2.45. The maximum absolute atomic E-state index is 11.5. The maximum atomic E-state index is 11.5. The van der Waals surface area contributed by atoms with E-state index in [-0.39, 0.29) is 10.7 Å². The van der Waals surface area contributed by atoms with Gasteiger partial charge in [-0.05, 0) is 0 Å². The zero-order valence-corrected chi connectivity index (χ0v) is 9.49. The SMILES string of the molecule is O=C1CC(Br)CN1c1cncc(Cl)n1. The summed E-state index contributed by atoms with van der Waals surface area (Å²) < 4.78 is 0. The van der Waals surface area contributed by atoms with Crippen molar-refractivity contribution in [1.82, 2.24) is 9.97 Å². The summed E-state index contributed by atoms with van der Waals surface area (Å²) in [6, 6.07) is 0. The van der Waals surface area contributed by atoms with Crippen molar-refractivity contribution in [3.05, 3.63) is 17.5 Å². The molecule has 14 heavy (non-hydrogen) atoms. The Hall–Kier alpha value is -0.680. The second-order valence-corrected chi connectivity index (χ2v) is 4.69. The lowest BCUT2D eigenvalue weighted by atomic mass is 10.4. The summed E-state index contributed by atoms with van der Waals surface area (Å²) in [6.07, 6.45) is 3.47. The first-order valence-corrected chi connectivity index (χ1v) is 5.38. The number of alkyl halides is 1. The third kappa shape index (κ3) is 1.88. The number of halogens is 2. The van der Waals surface area contributed by atoms with Crippen LogP contribution in [0, 0.1) is 0 Å². The number of carbonyl (C=O) groups excluding carboxylic acids is 1. The van der Waals surface area contributed by atoms with Gasteiger partial charge >= 0.3 is 0 Å². The van der Waals surface area contributed by atoms with E-state index in [0.29, 0.717) is 23.9 Å². The third-order valence-corrected chi connectivity index (χ3v) is 2.74. The molecule has 1 aliphatic rings. The van der Waals surface area contributed by atoms with Gasteiger partial charge in [0.05, 0.1) is 12.4 Å². The first-order valence-electron chi connectivity index (χ1n) is 4.09. The van der Waals surface area contributed by atoms with Crippen molar-refractivity contribution >= 4 is 39.3 Å². The highest BCUT2D eigenvalue weighted by Crippen LogP contribution is 2.23. The highest BCUT2D eigenvalue weighted by atomic mass is 79.9. The average molecular weight is 277 g/mol. The molecule has 2 rings (SSSR count). The van der Waals surface area contributed by atoms with Crippen molar-refractivity contribution < 1.29 is 4.79 Å². The Labute approximate surface area is 94.4 Å². The summed E-state index contributed by atoms with van der Waals surface area (Å²) in [5.74, 6) is 0.563. The smallest absolute Gasteiger partial charge is 0.229 e. The minimum absolute atomic E-state index is 0.0449. The molecule has 1 aromatic heterocycles. The highest BCUT2D eigenvalue weighted by molar-refractivity contribution is 9.09. The molecule has 1 unspecified atom stereocenters. The largest absolute Gasteiger partial charge is 0.294 e. The molecule has 0 spiro atoms. The van der Waals surface area contributed by atoms with Gasteiger partial charge in [-0.3, -0.25) is 14.7 Å². The van der Waals surface area contributed by atoms with Crippen LogP contribution in [0.1, 0.15) is 6.42 Å². The molecule has 0 N–H and O–H groups in total. The summed E-state index contributed by atoms with van der Waals surface area (Å²) >= 11 is 9.08. The molecule has 0 radical (unpaired) electrons. The monoisotopic (exact) mass is 275 g/mol. The van der Waals surface area contributed by atoms with Crippen LogP contribution in [0.4, 0.5) is 5.82 Å². The predicted molar refractivity (Wildman–Crippen MR) is 56.7 cm³/mol. The highest BCUT2D eigenvalue weighted by Gasteiger charge is 2.29. The van der Waals surface area contributed by atoms with Crippen LogP contribution in [0.15, 0.2) is 12.4 Å². The lowest BCUT2D eigenvalue weighted by Crippen LogP contribution is -2.25. The molecular formula is C8H7BrClN3O. The zero-order valence-electron chi connectivity index (χ0n) is 7.15. The molecule has 1 aliphatic heterocycles. The quantitative estimate of drug-likeness (QED) is 0.733. The van der Waals surface area contributed by atoms with Gasteiger partial charge in [0.2, 0.25) is 5.91 Å². The van der Waals surface area contributed by atoms with Crippen molar-refractivity contribution in [2.45, 2.75) is 11.2 Å². The normalized spacial score (nSPS) is 21.7. The fourth-order valence-electron chi connectivity index (χ4n) is 1.35. The van der Waals surface area contributed by atoms with Crippen LogP contribution in [-0.2, 0) is 4.79 Å². The molecule has 1 amide bonds. The van der Waals surface area contributed by atoms with E-state index in [0.717, 1.165) is 0 Å². The summed E-state index contributed by atoms with van der Waals surface area (Å²) in [4.78, 5) is 21.2. The van der Waals surface area contributed by atoms with Gasteiger partial charge in [-0.25, -0.2) is 4.98 Å². The second kappa shape index (κ2) is 3.82. The fourth-order valence-corrected chi connectivity index (χ4v) is 2.06. The van der Waals surface area contributed by atoms with Gasteiger partial charge in [-0.15, -0.1) is 0 Å². The van der Waals surface area contributed by atoms with E-state index < -0.39 is 0 Å². The van der Waals surface area contributed by atoms with E-state index >= 15 is 0 Å². The number of anilines is 1. The molecule has 0 aromatic carbocycles. The van der Waals surface area contributed by atoms with Crippen LogP contribution in [0.5, 0.6) is 0 Å². The lowest BCUT2D eigenvalue weighted by molar-refractivity contribution is -0.117. The van der Waals surface area contributed by atoms with Gasteiger partial charge in [0, 0.05) is 17.8 Å². The first kappa shape index (κ1) is 9.86.